The van der Waals surface area contributed by atoms with E-state index in [1.54, 1.807) is 12.1 Å². The van der Waals surface area contributed by atoms with Crippen molar-refractivity contribution in [1.82, 2.24) is 14.6 Å². The summed E-state index contributed by atoms with van der Waals surface area (Å²) >= 11 is 0. The summed E-state index contributed by atoms with van der Waals surface area (Å²) in [4.78, 5) is 4.56. The summed E-state index contributed by atoms with van der Waals surface area (Å²) in [5.74, 6) is 1.43. The predicted molar refractivity (Wildman–Crippen MR) is 114 cm³/mol. The zero-order valence-corrected chi connectivity index (χ0v) is 17.7. The molecule has 0 spiro atoms. The van der Waals surface area contributed by atoms with Gasteiger partial charge in [-0.25, -0.2) is 9.50 Å². The number of fused-ring (bicyclic) bond motifs is 1. The van der Waals surface area contributed by atoms with Crippen LogP contribution in [0.3, 0.4) is 0 Å². The van der Waals surface area contributed by atoms with Gasteiger partial charge in [-0.3, -0.25) is 5.10 Å². The number of H-pyrrole nitrogens is 1. The van der Waals surface area contributed by atoms with E-state index in [4.69, 9.17) is 14.2 Å². The highest BCUT2D eigenvalue weighted by Gasteiger charge is 2.30. The highest BCUT2D eigenvalue weighted by molar-refractivity contribution is 5.83. The van der Waals surface area contributed by atoms with Gasteiger partial charge >= 0.3 is 6.18 Å². The topological polar surface area (TPSA) is 96.6 Å². The van der Waals surface area contributed by atoms with Gasteiger partial charge < -0.3 is 19.5 Å². The third-order valence-electron chi connectivity index (χ3n) is 4.97. The van der Waals surface area contributed by atoms with Crippen LogP contribution in [0, 0.1) is 11.3 Å². The number of hydrogen-bond acceptors (Lipinski definition) is 6. The lowest BCUT2D eigenvalue weighted by Crippen LogP contribution is -2.06. The van der Waals surface area contributed by atoms with E-state index in [1.807, 2.05) is 6.07 Å². The molecule has 0 amide bonds. The molecule has 2 N–H and O–H groups in total. The van der Waals surface area contributed by atoms with E-state index in [1.165, 1.54) is 44.2 Å². The third kappa shape index (κ3) is 3.87. The van der Waals surface area contributed by atoms with Gasteiger partial charge in [-0.2, -0.15) is 18.4 Å². The summed E-state index contributed by atoms with van der Waals surface area (Å²) in [6.45, 7) is 0. The number of benzene rings is 2. The number of nitrogens with zero attached hydrogens (tertiary/aromatic N) is 3. The van der Waals surface area contributed by atoms with Crippen LogP contribution in [0.4, 0.5) is 24.7 Å². The highest BCUT2D eigenvalue weighted by atomic mass is 19.4. The van der Waals surface area contributed by atoms with Crippen molar-refractivity contribution in [3.63, 3.8) is 0 Å². The number of aromatic nitrogens is 3. The van der Waals surface area contributed by atoms with Gasteiger partial charge in [0.2, 0.25) is 5.75 Å². The van der Waals surface area contributed by atoms with Gasteiger partial charge in [0, 0.05) is 17.4 Å². The Morgan fingerprint density at radius 3 is 2.33 bits per heavy atom. The van der Waals surface area contributed by atoms with Crippen LogP contribution in [0.5, 0.6) is 17.2 Å². The molecule has 4 aromatic rings. The number of hydrogen-bond donors (Lipinski definition) is 2. The second-order valence-electron chi connectivity index (χ2n) is 6.88. The highest BCUT2D eigenvalue weighted by Crippen LogP contribution is 2.43. The SMILES string of the molecule is COc1cc(-c2nc3c(C#N)c[nH]n3c2Nc2cccc(C(F)(F)F)c2)cc(OC)c1OC. The summed E-state index contributed by atoms with van der Waals surface area (Å²) in [7, 11) is 4.40. The van der Waals surface area contributed by atoms with Gasteiger partial charge in [0.15, 0.2) is 23.0 Å². The van der Waals surface area contributed by atoms with E-state index < -0.39 is 11.7 Å². The number of halogens is 3. The summed E-state index contributed by atoms with van der Waals surface area (Å²) in [6.07, 6.45) is -3.04. The van der Waals surface area contributed by atoms with Crippen molar-refractivity contribution in [2.24, 2.45) is 0 Å². The van der Waals surface area contributed by atoms with Crippen LogP contribution in [-0.2, 0) is 6.18 Å². The molecule has 0 bridgehead atoms. The maximum absolute atomic E-state index is 13.2. The molecule has 2 heterocycles. The number of alkyl halides is 3. The van der Waals surface area contributed by atoms with Crippen molar-refractivity contribution in [1.29, 1.82) is 5.26 Å². The molecule has 2 aromatic carbocycles. The number of rotatable bonds is 6. The smallest absolute Gasteiger partial charge is 0.416 e. The molecular formula is C22H18F3N5O3. The first-order chi connectivity index (χ1) is 15.8. The van der Waals surface area contributed by atoms with E-state index in [0.29, 0.717) is 40.0 Å². The summed E-state index contributed by atoms with van der Waals surface area (Å²) in [6, 6.07) is 10.1. The first kappa shape index (κ1) is 21.9. The van der Waals surface area contributed by atoms with E-state index in [-0.39, 0.29) is 11.3 Å². The Balaban J connectivity index is 1.92. The number of ether oxygens (including phenoxy) is 3. The maximum Gasteiger partial charge on any atom is 0.416 e. The van der Waals surface area contributed by atoms with Crippen LogP contribution in [0.2, 0.25) is 0 Å². The maximum atomic E-state index is 13.2. The molecule has 0 unspecified atom stereocenters. The molecule has 8 nitrogen and oxygen atoms in total. The molecule has 0 aliphatic carbocycles. The molecule has 0 saturated heterocycles. The summed E-state index contributed by atoms with van der Waals surface area (Å²) < 4.78 is 57.3. The molecule has 0 atom stereocenters. The third-order valence-corrected chi connectivity index (χ3v) is 4.97. The molecule has 4 rings (SSSR count). The zero-order valence-electron chi connectivity index (χ0n) is 17.7. The molecule has 33 heavy (non-hydrogen) atoms. The lowest BCUT2D eigenvalue weighted by Gasteiger charge is -2.15. The van der Waals surface area contributed by atoms with Gasteiger partial charge in [0.25, 0.3) is 0 Å². The van der Waals surface area contributed by atoms with Crippen molar-refractivity contribution in [3.8, 4) is 34.6 Å². The lowest BCUT2D eigenvalue weighted by molar-refractivity contribution is -0.137. The fourth-order valence-electron chi connectivity index (χ4n) is 3.45. The number of imidazole rings is 1. The Hall–Kier alpha value is -4.33. The largest absolute Gasteiger partial charge is 0.493 e. The Kier molecular flexibility index (Phi) is 5.51. The average Bonchev–Trinajstić information content (AvgIpc) is 3.37. The fourth-order valence-corrected chi connectivity index (χ4v) is 3.45. The van der Waals surface area contributed by atoms with Gasteiger partial charge in [-0.05, 0) is 30.3 Å². The summed E-state index contributed by atoms with van der Waals surface area (Å²) in [5, 5.41) is 15.3. The second kappa shape index (κ2) is 8.31. The van der Waals surface area contributed by atoms with E-state index in [9.17, 15) is 18.4 Å². The molecule has 11 heteroatoms. The average molecular weight is 457 g/mol. The first-order valence-electron chi connectivity index (χ1n) is 9.55. The minimum Gasteiger partial charge on any atom is -0.493 e. The van der Waals surface area contributed by atoms with E-state index in [2.05, 4.69) is 15.4 Å². The van der Waals surface area contributed by atoms with Gasteiger partial charge in [0.05, 0.1) is 26.9 Å². The predicted octanol–water partition coefficient (Wildman–Crippen LogP) is 4.99. The molecule has 2 aromatic heterocycles. The molecule has 170 valence electrons. The molecule has 0 fully saturated rings. The fraction of sp³-hybridized carbons (Fsp3) is 0.182. The molecular weight excluding hydrogens is 439 g/mol. The Bertz CT molecular complexity index is 1340. The number of nitriles is 1. The van der Waals surface area contributed by atoms with Crippen molar-refractivity contribution in [2.45, 2.75) is 6.18 Å². The van der Waals surface area contributed by atoms with Crippen LogP contribution in [0.1, 0.15) is 11.1 Å². The van der Waals surface area contributed by atoms with E-state index in [0.717, 1.165) is 12.1 Å². The Morgan fingerprint density at radius 2 is 1.76 bits per heavy atom. The number of aromatic amines is 1. The normalized spacial score (nSPS) is 11.3. The van der Waals surface area contributed by atoms with Gasteiger partial charge in [-0.1, -0.05) is 6.07 Å². The molecule has 0 saturated carbocycles. The Labute approximate surface area is 186 Å². The van der Waals surface area contributed by atoms with Crippen LogP contribution < -0.4 is 19.5 Å². The van der Waals surface area contributed by atoms with E-state index >= 15 is 0 Å². The van der Waals surface area contributed by atoms with Crippen molar-refractivity contribution in [2.75, 3.05) is 26.6 Å². The Morgan fingerprint density at radius 1 is 1.06 bits per heavy atom. The molecule has 0 aliphatic heterocycles. The minimum atomic E-state index is -4.50. The first-order valence-corrected chi connectivity index (χ1v) is 9.55. The van der Waals surface area contributed by atoms with Crippen LogP contribution >= 0.6 is 0 Å². The monoisotopic (exact) mass is 457 g/mol. The lowest BCUT2D eigenvalue weighted by atomic mass is 10.1. The summed E-state index contributed by atoms with van der Waals surface area (Å²) in [5.41, 5.74) is 0.840. The number of anilines is 2. The van der Waals surface area contributed by atoms with Crippen LogP contribution in [0.15, 0.2) is 42.6 Å². The van der Waals surface area contributed by atoms with Crippen molar-refractivity contribution < 1.29 is 27.4 Å². The van der Waals surface area contributed by atoms with Crippen LogP contribution in [0.25, 0.3) is 16.9 Å². The van der Waals surface area contributed by atoms with Crippen molar-refractivity contribution in [3.05, 3.63) is 53.7 Å². The quantitative estimate of drug-likeness (QED) is 0.424. The standard InChI is InChI=1S/C22H18F3N5O3/c1-31-16-7-12(8-17(32-2)19(16)33-3)18-21(30-20(29-18)13(10-26)11-27-30)28-15-6-4-5-14(9-15)22(23,24)25/h4-9,11,27-28H,1-3H3. The molecule has 0 radical (unpaired) electrons. The minimum absolute atomic E-state index is 0.188. The second-order valence-corrected chi connectivity index (χ2v) is 6.88. The van der Waals surface area contributed by atoms with Crippen LogP contribution in [-0.4, -0.2) is 35.9 Å². The zero-order chi connectivity index (χ0) is 23.8. The number of methoxy groups -OCH3 is 3. The number of nitrogens with one attached hydrogen (secondary N) is 2. The van der Waals surface area contributed by atoms with Gasteiger partial charge in [-0.15, -0.1) is 0 Å². The molecule has 0 aliphatic rings. The van der Waals surface area contributed by atoms with Gasteiger partial charge in [0.1, 0.15) is 17.3 Å². The van der Waals surface area contributed by atoms with Crippen molar-refractivity contribution >= 4 is 17.2 Å².